The molecule has 1 aliphatic carbocycles. The number of hydrogen-bond donors (Lipinski definition) is 2. The number of anilines is 1. The van der Waals surface area contributed by atoms with Crippen molar-refractivity contribution >= 4 is 33.2 Å². The van der Waals surface area contributed by atoms with Gasteiger partial charge in [-0.05, 0) is 82.6 Å². The Morgan fingerprint density at radius 1 is 1.13 bits per heavy atom. The highest BCUT2D eigenvalue weighted by molar-refractivity contribution is 7.92. The van der Waals surface area contributed by atoms with Gasteiger partial charge >= 0.3 is 0 Å². The van der Waals surface area contributed by atoms with Crippen LogP contribution in [0.1, 0.15) is 41.6 Å². The molecule has 1 fully saturated rings. The lowest BCUT2D eigenvalue weighted by atomic mass is 9.90. The second-order valence-corrected chi connectivity index (χ2v) is 10.2. The van der Waals surface area contributed by atoms with Crippen LogP contribution in [0.2, 0.25) is 5.02 Å². The predicted octanol–water partition coefficient (Wildman–Crippen LogP) is 4.05. The minimum Gasteiger partial charge on any atom is -0.349 e. The van der Waals surface area contributed by atoms with Gasteiger partial charge in [0.2, 0.25) is 0 Å². The SMILES string of the molecule is Cc1cccc(NS(=O)(=O)c2ccc(Cl)c(C(=O)N[C@H]3CCC[C@@H](N(C)C)C3)c2)c1. The number of amides is 1. The molecule has 3 rings (SSSR count). The monoisotopic (exact) mass is 449 g/mol. The van der Waals surface area contributed by atoms with Gasteiger partial charge in [-0.2, -0.15) is 0 Å². The lowest BCUT2D eigenvalue weighted by molar-refractivity contribution is 0.0911. The van der Waals surface area contributed by atoms with Crippen LogP contribution in [0.3, 0.4) is 0 Å². The first-order chi connectivity index (χ1) is 14.2. The fraction of sp³-hybridized carbons (Fsp3) is 0.409. The summed E-state index contributed by atoms with van der Waals surface area (Å²) < 4.78 is 28.2. The number of benzene rings is 2. The normalized spacial score (nSPS) is 19.5. The third-order valence-corrected chi connectivity index (χ3v) is 7.18. The molecule has 0 unspecified atom stereocenters. The van der Waals surface area contributed by atoms with Gasteiger partial charge in [0.15, 0.2) is 0 Å². The summed E-state index contributed by atoms with van der Waals surface area (Å²) >= 11 is 6.23. The van der Waals surface area contributed by atoms with Gasteiger partial charge in [-0.15, -0.1) is 0 Å². The molecule has 0 aromatic heterocycles. The predicted molar refractivity (Wildman–Crippen MR) is 121 cm³/mol. The van der Waals surface area contributed by atoms with E-state index in [4.69, 9.17) is 11.6 Å². The van der Waals surface area contributed by atoms with Gasteiger partial charge in [0.05, 0.1) is 15.5 Å². The zero-order valence-corrected chi connectivity index (χ0v) is 19.1. The number of aryl methyl sites for hydroxylation is 1. The fourth-order valence-corrected chi connectivity index (χ4v) is 5.07. The number of sulfonamides is 1. The smallest absolute Gasteiger partial charge is 0.261 e. The maximum absolute atomic E-state index is 12.9. The summed E-state index contributed by atoms with van der Waals surface area (Å²) in [5.74, 6) is -0.350. The zero-order valence-electron chi connectivity index (χ0n) is 17.5. The molecule has 2 N–H and O–H groups in total. The van der Waals surface area contributed by atoms with E-state index in [2.05, 4.69) is 14.9 Å². The molecule has 0 aliphatic heterocycles. The Kier molecular flexibility index (Phi) is 7.06. The topological polar surface area (TPSA) is 78.5 Å². The number of halogens is 1. The van der Waals surface area contributed by atoms with Crippen molar-refractivity contribution in [2.45, 2.75) is 49.6 Å². The molecule has 0 saturated heterocycles. The summed E-state index contributed by atoms with van der Waals surface area (Å²) in [6, 6.07) is 11.7. The highest BCUT2D eigenvalue weighted by Crippen LogP contribution is 2.25. The van der Waals surface area contributed by atoms with Crippen LogP contribution in [0, 0.1) is 6.92 Å². The van der Waals surface area contributed by atoms with E-state index in [-0.39, 0.29) is 27.4 Å². The van der Waals surface area contributed by atoms with Gasteiger partial charge in [-0.25, -0.2) is 8.42 Å². The minimum atomic E-state index is -3.85. The first-order valence-corrected chi connectivity index (χ1v) is 11.9. The molecule has 8 heteroatoms. The molecule has 0 bridgehead atoms. The molecule has 162 valence electrons. The lowest BCUT2D eigenvalue weighted by Crippen LogP contribution is -2.43. The molecule has 2 aromatic carbocycles. The summed E-state index contributed by atoms with van der Waals surface area (Å²) in [5.41, 5.74) is 1.57. The van der Waals surface area contributed by atoms with Crippen molar-refractivity contribution in [3.63, 3.8) is 0 Å². The number of carbonyl (C=O) groups is 1. The summed E-state index contributed by atoms with van der Waals surface area (Å²) in [5, 5.41) is 3.26. The summed E-state index contributed by atoms with van der Waals surface area (Å²) in [6.45, 7) is 1.88. The quantitative estimate of drug-likeness (QED) is 0.697. The van der Waals surface area contributed by atoms with Crippen molar-refractivity contribution < 1.29 is 13.2 Å². The molecule has 1 amide bonds. The van der Waals surface area contributed by atoms with Gasteiger partial charge in [-0.3, -0.25) is 9.52 Å². The Morgan fingerprint density at radius 2 is 1.90 bits per heavy atom. The third kappa shape index (κ3) is 5.53. The average Bonchev–Trinajstić information content (AvgIpc) is 2.68. The molecule has 2 aromatic rings. The third-order valence-electron chi connectivity index (χ3n) is 5.48. The van der Waals surface area contributed by atoms with E-state index in [9.17, 15) is 13.2 Å². The Balaban J connectivity index is 1.78. The number of rotatable bonds is 6. The summed E-state index contributed by atoms with van der Waals surface area (Å²) in [6.07, 6.45) is 3.92. The first kappa shape index (κ1) is 22.6. The van der Waals surface area contributed by atoms with Crippen LogP contribution in [0.5, 0.6) is 0 Å². The largest absolute Gasteiger partial charge is 0.349 e. The molecule has 2 atom stereocenters. The molecule has 0 heterocycles. The van der Waals surface area contributed by atoms with E-state index in [1.165, 1.54) is 18.2 Å². The Hall–Kier alpha value is -2.09. The molecule has 1 saturated carbocycles. The van der Waals surface area contributed by atoms with Crippen molar-refractivity contribution in [2.75, 3.05) is 18.8 Å². The van der Waals surface area contributed by atoms with Crippen molar-refractivity contribution in [3.05, 3.63) is 58.6 Å². The van der Waals surface area contributed by atoms with Gasteiger partial charge in [0.25, 0.3) is 15.9 Å². The highest BCUT2D eigenvalue weighted by atomic mass is 35.5. The highest BCUT2D eigenvalue weighted by Gasteiger charge is 2.26. The second kappa shape index (κ2) is 9.37. The Morgan fingerprint density at radius 3 is 2.60 bits per heavy atom. The van der Waals surface area contributed by atoms with Crippen LogP contribution in [0.4, 0.5) is 5.69 Å². The summed E-state index contributed by atoms with van der Waals surface area (Å²) in [7, 11) is 0.235. The van der Waals surface area contributed by atoms with E-state index in [1.54, 1.807) is 18.2 Å². The second-order valence-electron chi connectivity index (χ2n) is 8.07. The van der Waals surface area contributed by atoms with E-state index in [0.29, 0.717) is 11.7 Å². The summed E-state index contributed by atoms with van der Waals surface area (Å²) in [4.78, 5) is 15.0. The van der Waals surface area contributed by atoms with Crippen LogP contribution in [-0.4, -0.2) is 45.4 Å². The van der Waals surface area contributed by atoms with E-state index >= 15 is 0 Å². The van der Waals surface area contributed by atoms with E-state index < -0.39 is 10.0 Å². The average molecular weight is 450 g/mol. The molecule has 0 spiro atoms. The van der Waals surface area contributed by atoms with E-state index in [1.807, 2.05) is 27.1 Å². The maximum atomic E-state index is 12.9. The van der Waals surface area contributed by atoms with Crippen LogP contribution in [0.25, 0.3) is 0 Å². The van der Waals surface area contributed by atoms with Crippen molar-refractivity contribution in [1.29, 1.82) is 0 Å². The molecular weight excluding hydrogens is 422 g/mol. The maximum Gasteiger partial charge on any atom is 0.261 e. The van der Waals surface area contributed by atoms with Crippen molar-refractivity contribution in [3.8, 4) is 0 Å². The molecular formula is C22H28ClN3O3S. The molecule has 30 heavy (non-hydrogen) atoms. The molecule has 6 nitrogen and oxygen atoms in total. The van der Waals surface area contributed by atoms with Crippen LogP contribution >= 0.6 is 11.6 Å². The zero-order chi connectivity index (χ0) is 21.9. The first-order valence-electron chi connectivity index (χ1n) is 10.0. The molecule has 1 aliphatic rings. The standard InChI is InChI=1S/C22H28ClN3O3S/c1-15-6-4-8-17(12-15)25-30(28,29)19-10-11-21(23)20(14-19)22(27)24-16-7-5-9-18(13-16)26(2)3/h4,6,8,10-12,14,16,18,25H,5,7,9,13H2,1-3H3,(H,24,27)/t16-,18+/m0/s1. The van der Waals surface area contributed by atoms with E-state index in [0.717, 1.165) is 31.2 Å². The number of carbonyl (C=O) groups excluding carboxylic acids is 1. The fourth-order valence-electron chi connectivity index (χ4n) is 3.80. The minimum absolute atomic E-state index is 0.00614. The van der Waals surface area contributed by atoms with Crippen molar-refractivity contribution in [2.24, 2.45) is 0 Å². The van der Waals surface area contributed by atoms with Crippen LogP contribution < -0.4 is 10.0 Å². The van der Waals surface area contributed by atoms with Gasteiger partial charge in [-0.1, -0.05) is 23.7 Å². The van der Waals surface area contributed by atoms with Crippen LogP contribution in [0.15, 0.2) is 47.4 Å². The van der Waals surface area contributed by atoms with Gasteiger partial charge < -0.3 is 10.2 Å². The Labute approximate surface area is 183 Å². The number of nitrogens with zero attached hydrogens (tertiary/aromatic N) is 1. The van der Waals surface area contributed by atoms with Crippen molar-refractivity contribution in [1.82, 2.24) is 10.2 Å². The number of nitrogens with one attached hydrogen (secondary N) is 2. The van der Waals surface area contributed by atoms with Crippen LogP contribution in [-0.2, 0) is 10.0 Å². The van der Waals surface area contributed by atoms with Gasteiger partial charge in [0, 0.05) is 17.8 Å². The lowest BCUT2D eigenvalue weighted by Gasteiger charge is -2.33. The van der Waals surface area contributed by atoms with Gasteiger partial charge in [0.1, 0.15) is 0 Å². The Bertz CT molecular complexity index is 1020. The molecule has 0 radical (unpaired) electrons. The number of hydrogen-bond acceptors (Lipinski definition) is 4.